The van der Waals surface area contributed by atoms with Gasteiger partial charge in [0.2, 0.25) is 5.88 Å². The van der Waals surface area contributed by atoms with Crippen molar-refractivity contribution < 1.29 is 4.74 Å². The molecule has 0 atom stereocenters. The maximum atomic E-state index is 7.59. The number of amidine groups is 1. The molecule has 1 heterocycles. The molecule has 0 saturated heterocycles. The quantitative estimate of drug-likeness (QED) is 0.669. The fourth-order valence-electron chi connectivity index (χ4n) is 2.04. The molecule has 1 aromatic carbocycles. The van der Waals surface area contributed by atoms with Gasteiger partial charge in [-0.05, 0) is 30.0 Å². The fraction of sp³-hybridized carbons (Fsp3) is 0.312. The molecule has 1 aromatic heterocycles. The summed E-state index contributed by atoms with van der Waals surface area (Å²) in [6.07, 6.45) is 1.49. The molecule has 5 nitrogen and oxygen atoms in total. The van der Waals surface area contributed by atoms with Crippen molar-refractivity contribution in [1.82, 2.24) is 10.2 Å². The van der Waals surface area contributed by atoms with Crippen LogP contribution in [-0.2, 0) is 5.41 Å². The second-order valence-electron chi connectivity index (χ2n) is 6.02. The zero-order valence-electron chi connectivity index (χ0n) is 12.8. The normalized spacial score (nSPS) is 11.2. The number of hydrogen-bond donors (Lipinski definition) is 2. The highest BCUT2D eigenvalue weighted by Gasteiger charge is 2.21. The molecule has 3 N–H and O–H groups in total. The highest BCUT2D eigenvalue weighted by atomic mass is 16.5. The van der Waals surface area contributed by atoms with Crippen molar-refractivity contribution >= 4 is 5.84 Å². The van der Waals surface area contributed by atoms with E-state index in [2.05, 4.69) is 43.1 Å². The number of hydrogen-bond acceptors (Lipinski definition) is 4. The van der Waals surface area contributed by atoms with Gasteiger partial charge in [0.05, 0.1) is 11.8 Å². The van der Waals surface area contributed by atoms with Gasteiger partial charge in [-0.25, -0.2) is 0 Å². The molecule has 0 saturated carbocycles. The average molecular weight is 284 g/mol. The second kappa shape index (κ2) is 5.52. The third kappa shape index (κ3) is 3.37. The number of nitrogens with one attached hydrogen (secondary N) is 1. The van der Waals surface area contributed by atoms with E-state index in [1.165, 1.54) is 6.20 Å². The van der Waals surface area contributed by atoms with E-state index in [1.54, 1.807) is 6.07 Å². The molecule has 21 heavy (non-hydrogen) atoms. The van der Waals surface area contributed by atoms with E-state index in [-0.39, 0.29) is 17.1 Å². The third-order valence-corrected chi connectivity index (χ3v) is 3.13. The lowest BCUT2D eigenvalue weighted by molar-refractivity contribution is 0.432. The Bertz CT molecular complexity index is 674. The zero-order chi connectivity index (χ0) is 15.6. The van der Waals surface area contributed by atoms with E-state index >= 15 is 0 Å². The molecule has 0 radical (unpaired) electrons. The van der Waals surface area contributed by atoms with Crippen LogP contribution in [0.2, 0.25) is 0 Å². The van der Waals surface area contributed by atoms with Crippen molar-refractivity contribution in [1.29, 1.82) is 5.41 Å². The van der Waals surface area contributed by atoms with Crippen molar-refractivity contribution in [2.75, 3.05) is 0 Å². The first-order valence-corrected chi connectivity index (χ1v) is 6.74. The van der Waals surface area contributed by atoms with Crippen LogP contribution in [0.1, 0.15) is 37.5 Å². The Morgan fingerprint density at radius 1 is 1.24 bits per heavy atom. The van der Waals surface area contributed by atoms with Crippen LogP contribution in [0.4, 0.5) is 0 Å². The summed E-state index contributed by atoms with van der Waals surface area (Å²) in [5, 5.41) is 15.4. The molecule has 2 aromatic rings. The lowest BCUT2D eigenvalue weighted by Crippen LogP contribution is -2.15. The van der Waals surface area contributed by atoms with Gasteiger partial charge in [0.1, 0.15) is 11.6 Å². The number of benzene rings is 1. The summed E-state index contributed by atoms with van der Waals surface area (Å²) in [5.74, 6) is 0.872. The van der Waals surface area contributed by atoms with Gasteiger partial charge in [0, 0.05) is 5.56 Å². The smallest absolute Gasteiger partial charge is 0.249 e. The Kier molecular flexibility index (Phi) is 3.93. The van der Waals surface area contributed by atoms with Crippen LogP contribution in [0, 0.1) is 12.3 Å². The summed E-state index contributed by atoms with van der Waals surface area (Å²) in [6, 6.07) is 7.68. The first kappa shape index (κ1) is 15.0. The lowest BCUT2D eigenvalue weighted by Gasteiger charge is -2.23. The Morgan fingerprint density at radius 3 is 2.57 bits per heavy atom. The molecular weight excluding hydrogens is 264 g/mol. The standard InChI is InChI=1S/C16H20N4O/c1-10-5-6-12(16(2,3)4)13(9-10)21-15-11(14(17)18)7-8-19-20-15/h5-9H,1-4H3,(H3,17,18). The van der Waals surface area contributed by atoms with Crippen LogP contribution in [0.5, 0.6) is 11.6 Å². The molecule has 0 bridgehead atoms. The molecule has 0 spiro atoms. The fourth-order valence-corrected chi connectivity index (χ4v) is 2.04. The first-order valence-electron chi connectivity index (χ1n) is 6.74. The van der Waals surface area contributed by atoms with Crippen molar-refractivity contribution in [3.05, 3.63) is 47.2 Å². The zero-order valence-corrected chi connectivity index (χ0v) is 12.8. The Hall–Kier alpha value is -2.43. The molecule has 110 valence electrons. The van der Waals surface area contributed by atoms with Gasteiger partial charge in [0.15, 0.2) is 0 Å². The molecule has 0 aliphatic rings. The van der Waals surface area contributed by atoms with Gasteiger partial charge in [-0.3, -0.25) is 5.41 Å². The molecule has 5 heteroatoms. The molecule has 0 fully saturated rings. The minimum Gasteiger partial charge on any atom is -0.437 e. The van der Waals surface area contributed by atoms with E-state index < -0.39 is 0 Å². The van der Waals surface area contributed by atoms with Crippen LogP contribution in [0.25, 0.3) is 0 Å². The van der Waals surface area contributed by atoms with E-state index in [0.717, 1.165) is 11.1 Å². The van der Waals surface area contributed by atoms with Gasteiger partial charge in [-0.15, -0.1) is 5.10 Å². The topological polar surface area (TPSA) is 84.9 Å². The number of nitrogen functional groups attached to an aromatic ring is 1. The van der Waals surface area contributed by atoms with Gasteiger partial charge in [0.25, 0.3) is 0 Å². The van der Waals surface area contributed by atoms with Crippen LogP contribution in [-0.4, -0.2) is 16.0 Å². The summed E-state index contributed by atoms with van der Waals surface area (Å²) in [7, 11) is 0. The van der Waals surface area contributed by atoms with Crippen LogP contribution in [0.3, 0.4) is 0 Å². The number of ether oxygens (including phenoxy) is 1. The monoisotopic (exact) mass is 284 g/mol. The van der Waals surface area contributed by atoms with Crippen LogP contribution >= 0.6 is 0 Å². The number of nitrogens with two attached hydrogens (primary N) is 1. The molecule has 2 rings (SSSR count). The van der Waals surface area contributed by atoms with Crippen LogP contribution < -0.4 is 10.5 Å². The Labute approximate surface area is 124 Å². The minimum absolute atomic E-state index is 0.0678. The number of aromatic nitrogens is 2. The van der Waals surface area contributed by atoms with E-state index in [1.807, 2.05) is 13.0 Å². The third-order valence-electron chi connectivity index (χ3n) is 3.13. The molecule has 0 aliphatic carbocycles. The maximum Gasteiger partial charge on any atom is 0.249 e. The van der Waals surface area contributed by atoms with Crippen molar-refractivity contribution in [2.24, 2.45) is 5.73 Å². The van der Waals surface area contributed by atoms with E-state index in [0.29, 0.717) is 11.3 Å². The first-order chi connectivity index (χ1) is 9.79. The Balaban J connectivity index is 2.49. The SMILES string of the molecule is Cc1ccc(C(C)(C)C)c(Oc2nnccc2C(=N)N)c1. The highest BCUT2D eigenvalue weighted by Crippen LogP contribution is 2.34. The van der Waals surface area contributed by atoms with Crippen molar-refractivity contribution in [2.45, 2.75) is 33.1 Å². The second-order valence-corrected chi connectivity index (χ2v) is 6.02. The summed E-state index contributed by atoms with van der Waals surface area (Å²) in [4.78, 5) is 0. The van der Waals surface area contributed by atoms with Gasteiger partial charge < -0.3 is 10.5 Å². The predicted octanol–water partition coefficient (Wildman–Crippen LogP) is 3.16. The molecular formula is C16H20N4O. The molecule has 0 unspecified atom stereocenters. The number of rotatable bonds is 3. The largest absolute Gasteiger partial charge is 0.437 e. The van der Waals surface area contributed by atoms with Crippen molar-refractivity contribution in [3.8, 4) is 11.6 Å². The van der Waals surface area contributed by atoms with Crippen molar-refractivity contribution in [3.63, 3.8) is 0 Å². The maximum absolute atomic E-state index is 7.59. The van der Waals surface area contributed by atoms with E-state index in [4.69, 9.17) is 15.9 Å². The van der Waals surface area contributed by atoms with Gasteiger partial charge in [-0.1, -0.05) is 32.9 Å². The highest BCUT2D eigenvalue weighted by molar-refractivity contribution is 5.96. The summed E-state index contributed by atoms with van der Waals surface area (Å²) < 4.78 is 5.91. The summed E-state index contributed by atoms with van der Waals surface area (Å²) in [5.41, 5.74) is 8.08. The number of nitrogens with zero attached hydrogens (tertiary/aromatic N) is 2. The average Bonchev–Trinajstić information content (AvgIpc) is 2.37. The summed E-state index contributed by atoms with van der Waals surface area (Å²) in [6.45, 7) is 8.36. The lowest BCUT2D eigenvalue weighted by atomic mass is 9.86. The number of aryl methyl sites for hydroxylation is 1. The Morgan fingerprint density at radius 2 is 1.95 bits per heavy atom. The molecule has 0 aliphatic heterocycles. The van der Waals surface area contributed by atoms with Gasteiger partial charge in [-0.2, -0.15) is 5.10 Å². The molecule has 0 amide bonds. The van der Waals surface area contributed by atoms with Crippen LogP contribution in [0.15, 0.2) is 30.5 Å². The minimum atomic E-state index is -0.0927. The predicted molar refractivity (Wildman–Crippen MR) is 83.0 cm³/mol. The van der Waals surface area contributed by atoms with E-state index in [9.17, 15) is 0 Å². The van der Waals surface area contributed by atoms with Gasteiger partial charge >= 0.3 is 0 Å². The summed E-state index contributed by atoms with van der Waals surface area (Å²) >= 11 is 0.